The third-order valence-corrected chi connectivity index (χ3v) is 3.15. The van der Waals surface area contributed by atoms with Crippen LogP contribution < -0.4 is 11.1 Å². The molecule has 0 saturated carbocycles. The first-order valence-corrected chi connectivity index (χ1v) is 6.34. The predicted molar refractivity (Wildman–Crippen MR) is 74.9 cm³/mol. The van der Waals surface area contributed by atoms with Crippen molar-refractivity contribution in [3.8, 4) is 0 Å². The first kappa shape index (κ1) is 13.4. The van der Waals surface area contributed by atoms with Gasteiger partial charge in [0.2, 0.25) is 0 Å². The van der Waals surface area contributed by atoms with Gasteiger partial charge in [-0.25, -0.2) is 0 Å². The second kappa shape index (κ2) is 5.75. The fraction of sp³-hybridized carbons (Fsp3) is 0.231. The number of anilines is 1. The maximum absolute atomic E-state index is 12.1. The molecule has 0 aliphatic rings. The van der Waals surface area contributed by atoms with Crippen LogP contribution in [-0.4, -0.2) is 15.7 Å². The molecule has 0 fully saturated rings. The largest absolute Gasteiger partial charge is 0.396 e. The number of benzene rings is 1. The zero-order valence-electron chi connectivity index (χ0n) is 10.6. The molecule has 100 valence electrons. The van der Waals surface area contributed by atoms with E-state index in [1.807, 2.05) is 25.1 Å². The summed E-state index contributed by atoms with van der Waals surface area (Å²) >= 11 is 6.03. The minimum atomic E-state index is -0.253. The van der Waals surface area contributed by atoms with Crippen LogP contribution in [0.4, 0.5) is 5.69 Å². The van der Waals surface area contributed by atoms with E-state index in [9.17, 15) is 4.79 Å². The molecule has 0 bridgehead atoms. The number of nitrogen functional groups attached to an aromatic ring is 1. The molecule has 2 aromatic rings. The maximum atomic E-state index is 12.1. The number of aromatic nitrogens is 2. The lowest BCUT2D eigenvalue weighted by atomic mass is 10.2. The molecule has 19 heavy (non-hydrogen) atoms. The SMILES string of the molecule is CCn1ncc(N)c1C(=O)NCc1ccccc1Cl. The van der Waals surface area contributed by atoms with Crippen LogP contribution in [0.3, 0.4) is 0 Å². The van der Waals surface area contributed by atoms with Gasteiger partial charge in [-0.15, -0.1) is 0 Å². The lowest BCUT2D eigenvalue weighted by molar-refractivity contribution is 0.0941. The number of amides is 1. The number of nitrogens with zero attached hydrogens (tertiary/aromatic N) is 2. The minimum absolute atomic E-state index is 0.253. The molecule has 2 rings (SSSR count). The highest BCUT2D eigenvalue weighted by Crippen LogP contribution is 2.15. The first-order chi connectivity index (χ1) is 9.13. The van der Waals surface area contributed by atoms with E-state index in [2.05, 4.69) is 10.4 Å². The zero-order chi connectivity index (χ0) is 13.8. The Balaban J connectivity index is 2.10. The number of nitrogens with two attached hydrogens (primary N) is 1. The molecule has 1 heterocycles. The molecule has 6 heteroatoms. The van der Waals surface area contributed by atoms with Crippen molar-refractivity contribution in [1.29, 1.82) is 0 Å². The first-order valence-electron chi connectivity index (χ1n) is 5.96. The van der Waals surface area contributed by atoms with Gasteiger partial charge in [0.05, 0.1) is 11.9 Å². The topological polar surface area (TPSA) is 72.9 Å². The lowest BCUT2D eigenvalue weighted by Gasteiger charge is -2.08. The van der Waals surface area contributed by atoms with Gasteiger partial charge in [-0.1, -0.05) is 29.8 Å². The Morgan fingerprint density at radius 1 is 1.47 bits per heavy atom. The van der Waals surface area contributed by atoms with Gasteiger partial charge in [-0.05, 0) is 18.6 Å². The number of hydrogen-bond acceptors (Lipinski definition) is 3. The van der Waals surface area contributed by atoms with Crippen LogP contribution in [-0.2, 0) is 13.1 Å². The quantitative estimate of drug-likeness (QED) is 0.899. The minimum Gasteiger partial charge on any atom is -0.396 e. The van der Waals surface area contributed by atoms with Gasteiger partial charge in [0.15, 0.2) is 0 Å². The highest BCUT2D eigenvalue weighted by Gasteiger charge is 2.15. The van der Waals surface area contributed by atoms with Crippen molar-refractivity contribution in [2.45, 2.75) is 20.0 Å². The highest BCUT2D eigenvalue weighted by molar-refractivity contribution is 6.31. The van der Waals surface area contributed by atoms with E-state index in [1.54, 1.807) is 10.7 Å². The zero-order valence-corrected chi connectivity index (χ0v) is 11.3. The van der Waals surface area contributed by atoms with Gasteiger partial charge >= 0.3 is 0 Å². The van der Waals surface area contributed by atoms with Gasteiger partial charge in [-0.3, -0.25) is 9.48 Å². The summed E-state index contributed by atoms with van der Waals surface area (Å²) in [5.41, 5.74) is 7.36. The second-order valence-electron chi connectivity index (χ2n) is 4.04. The number of carbonyl (C=O) groups is 1. The Hall–Kier alpha value is -2.01. The molecule has 0 atom stereocenters. The molecule has 1 amide bonds. The molecule has 0 aliphatic heterocycles. The summed E-state index contributed by atoms with van der Waals surface area (Å²) in [5.74, 6) is -0.253. The fourth-order valence-electron chi connectivity index (χ4n) is 1.79. The summed E-state index contributed by atoms with van der Waals surface area (Å²) in [4.78, 5) is 12.1. The van der Waals surface area contributed by atoms with Crippen LogP contribution >= 0.6 is 11.6 Å². The van der Waals surface area contributed by atoms with E-state index < -0.39 is 0 Å². The maximum Gasteiger partial charge on any atom is 0.271 e. The number of hydrogen-bond donors (Lipinski definition) is 2. The molecule has 5 nitrogen and oxygen atoms in total. The van der Waals surface area contributed by atoms with E-state index in [1.165, 1.54) is 6.20 Å². The molecule has 3 N–H and O–H groups in total. The van der Waals surface area contributed by atoms with Crippen molar-refractivity contribution in [2.75, 3.05) is 5.73 Å². The summed E-state index contributed by atoms with van der Waals surface area (Å²) in [6, 6.07) is 7.37. The van der Waals surface area contributed by atoms with Crippen LogP contribution in [0.25, 0.3) is 0 Å². The lowest BCUT2D eigenvalue weighted by Crippen LogP contribution is -2.26. The van der Waals surface area contributed by atoms with Crippen LogP contribution in [0.2, 0.25) is 5.02 Å². The Morgan fingerprint density at radius 3 is 2.89 bits per heavy atom. The smallest absolute Gasteiger partial charge is 0.271 e. The van der Waals surface area contributed by atoms with E-state index in [-0.39, 0.29) is 5.91 Å². The Labute approximate surface area is 116 Å². The number of halogens is 1. The van der Waals surface area contributed by atoms with E-state index >= 15 is 0 Å². The summed E-state index contributed by atoms with van der Waals surface area (Å²) in [6.45, 7) is 2.84. The van der Waals surface area contributed by atoms with Gasteiger partial charge in [-0.2, -0.15) is 5.10 Å². The predicted octanol–water partition coefficient (Wildman–Crippen LogP) is 2.07. The number of rotatable bonds is 4. The van der Waals surface area contributed by atoms with Crippen molar-refractivity contribution in [2.24, 2.45) is 0 Å². The summed E-state index contributed by atoms with van der Waals surface area (Å²) < 4.78 is 1.57. The molecule has 0 unspecified atom stereocenters. The van der Waals surface area contributed by atoms with Crippen molar-refractivity contribution >= 4 is 23.2 Å². The van der Waals surface area contributed by atoms with Crippen molar-refractivity contribution in [1.82, 2.24) is 15.1 Å². The number of carbonyl (C=O) groups excluding carboxylic acids is 1. The highest BCUT2D eigenvalue weighted by atomic mass is 35.5. The summed E-state index contributed by atoms with van der Waals surface area (Å²) in [7, 11) is 0. The van der Waals surface area contributed by atoms with Crippen LogP contribution in [0.15, 0.2) is 30.5 Å². The Kier molecular flexibility index (Phi) is 4.06. The third-order valence-electron chi connectivity index (χ3n) is 2.78. The summed E-state index contributed by atoms with van der Waals surface area (Å²) in [6.07, 6.45) is 1.48. The third kappa shape index (κ3) is 2.88. The monoisotopic (exact) mass is 278 g/mol. The van der Waals surface area contributed by atoms with Crippen molar-refractivity contribution < 1.29 is 4.79 Å². The molecule has 1 aromatic carbocycles. The average Bonchev–Trinajstić information content (AvgIpc) is 2.78. The van der Waals surface area contributed by atoms with Crippen LogP contribution in [0, 0.1) is 0 Å². The molecule has 0 spiro atoms. The van der Waals surface area contributed by atoms with Crippen molar-refractivity contribution in [3.63, 3.8) is 0 Å². The second-order valence-corrected chi connectivity index (χ2v) is 4.45. The molecule has 0 aliphatic carbocycles. The van der Waals surface area contributed by atoms with Crippen LogP contribution in [0.5, 0.6) is 0 Å². The van der Waals surface area contributed by atoms with Gasteiger partial charge in [0.1, 0.15) is 5.69 Å². The number of nitrogens with one attached hydrogen (secondary N) is 1. The molecular formula is C13H15ClN4O. The van der Waals surface area contributed by atoms with Crippen molar-refractivity contribution in [3.05, 3.63) is 46.7 Å². The van der Waals surface area contributed by atoms with Crippen LogP contribution in [0.1, 0.15) is 23.0 Å². The van der Waals surface area contributed by atoms with E-state index in [0.717, 1.165) is 5.56 Å². The Bertz CT molecular complexity index is 594. The number of aryl methyl sites for hydroxylation is 1. The Morgan fingerprint density at radius 2 is 2.21 bits per heavy atom. The molecule has 0 saturated heterocycles. The molecular weight excluding hydrogens is 264 g/mol. The summed E-state index contributed by atoms with van der Waals surface area (Å²) in [5, 5.41) is 7.45. The van der Waals surface area contributed by atoms with E-state index in [0.29, 0.717) is 29.5 Å². The molecule has 1 aromatic heterocycles. The molecule has 0 radical (unpaired) electrons. The van der Waals surface area contributed by atoms with Gasteiger partial charge in [0, 0.05) is 18.1 Å². The van der Waals surface area contributed by atoms with Gasteiger partial charge < -0.3 is 11.1 Å². The standard InChI is InChI=1S/C13H15ClN4O/c1-2-18-12(11(15)8-17-18)13(19)16-7-9-5-3-4-6-10(9)14/h3-6,8H,2,7,15H2,1H3,(H,16,19). The average molecular weight is 279 g/mol. The normalized spacial score (nSPS) is 10.4. The van der Waals surface area contributed by atoms with Gasteiger partial charge in [0.25, 0.3) is 5.91 Å². The fourth-order valence-corrected chi connectivity index (χ4v) is 1.99. The van der Waals surface area contributed by atoms with E-state index in [4.69, 9.17) is 17.3 Å².